The second-order valence-electron chi connectivity index (χ2n) is 8.52. The first-order valence-corrected chi connectivity index (χ1v) is 11.1. The molecule has 1 saturated carbocycles. The number of amides is 2. The van der Waals surface area contributed by atoms with E-state index in [9.17, 15) is 15.0 Å². The van der Waals surface area contributed by atoms with Crippen molar-refractivity contribution in [3.8, 4) is 0 Å². The van der Waals surface area contributed by atoms with Crippen molar-refractivity contribution in [2.24, 2.45) is 0 Å². The molecule has 2 aliphatic rings. The lowest BCUT2D eigenvalue weighted by Gasteiger charge is -2.36. The molecule has 4 rings (SSSR count). The Hall–Kier alpha value is -2.49. The summed E-state index contributed by atoms with van der Waals surface area (Å²) in [7, 11) is 0. The largest absolute Gasteiger partial charge is 0.394 e. The molecule has 1 saturated heterocycles. The van der Waals surface area contributed by atoms with Gasteiger partial charge in [-0.15, -0.1) is 5.10 Å². The number of aliphatic hydroxyl groups excluding tert-OH is 1. The van der Waals surface area contributed by atoms with E-state index >= 15 is 0 Å². The van der Waals surface area contributed by atoms with E-state index in [1.807, 2.05) is 36.5 Å². The number of anilines is 1. The second-order valence-corrected chi connectivity index (χ2v) is 8.52. The number of carbonyl (C=O) groups excluding carboxylic acids is 1. The smallest absolute Gasteiger partial charge is 0.319 e. The van der Waals surface area contributed by atoms with Crippen molar-refractivity contribution in [1.82, 2.24) is 20.3 Å². The Labute approximate surface area is 181 Å². The Kier molecular flexibility index (Phi) is 6.84. The molecule has 2 fully saturated rings. The van der Waals surface area contributed by atoms with Crippen LogP contribution in [0.5, 0.6) is 0 Å². The fourth-order valence-electron chi connectivity index (χ4n) is 4.48. The minimum absolute atomic E-state index is 0.0328. The van der Waals surface area contributed by atoms with Crippen LogP contribution in [0, 0.1) is 0 Å². The summed E-state index contributed by atoms with van der Waals surface area (Å²) < 4.78 is 7.79. The van der Waals surface area contributed by atoms with Gasteiger partial charge in [0.1, 0.15) is 17.4 Å². The maximum Gasteiger partial charge on any atom is 0.319 e. The average Bonchev–Trinajstić information content (AvgIpc) is 3.44. The first kappa shape index (κ1) is 21.7. The number of para-hydroxylation sites is 1. The van der Waals surface area contributed by atoms with Crippen LogP contribution in [0.3, 0.4) is 0 Å². The predicted octanol–water partition coefficient (Wildman–Crippen LogP) is 2.16. The number of hydrogen-bond donors (Lipinski definition) is 4. The minimum Gasteiger partial charge on any atom is -0.394 e. The molecule has 0 radical (unpaired) electrons. The fourth-order valence-corrected chi connectivity index (χ4v) is 4.48. The molecule has 2 amide bonds. The molecule has 1 aromatic carbocycles. The molecule has 9 nitrogen and oxygen atoms in total. The lowest BCUT2D eigenvalue weighted by molar-refractivity contribution is -0.0905. The summed E-state index contributed by atoms with van der Waals surface area (Å²) in [6.45, 7) is 0.464. The van der Waals surface area contributed by atoms with E-state index in [0.29, 0.717) is 17.9 Å². The molecule has 2 heterocycles. The van der Waals surface area contributed by atoms with Crippen LogP contribution >= 0.6 is 0 Å². The number of ether oxygens (including phenoxy) is 1. The monoisotopic (exact) mass is 429 g/mol. The Balaban J connectivity index is 1.25. The number of nitrogens with zero attached hydrogens (tertiary/aromatic N) is 3. The lowest BCUT2D eigenvalue weighted by Crippen LogP contribution is -2.52. The van der Waals surface area contributed by atoms with Crippen molar-refractivity contribution in [3.63, 3.8) is 0 Å². The zero-order valence-electron chi connectivity index (χ0n) is 17.6. The zero-order valence-corrected chi connectivity index (χ0v) is 17.6. The molecule has 1 aromatic heterocycles. The van der Waals surface area contributed by atoms with Gasteiger partial charge in [-0.25, -0.2) is 4.79 Å². The molecule has 0 bridgehead atoms. The molecule has 3 atom stereocenters. The summed E-state index contributed by atoms with van der Waals surface area (Å²) in [5.74, 6) is 0. The summed E-state index contributed by atoms with van der Waals surface area (Å²) >= 11 is 0. The third-order valence-electron chi connectivity index (χ3n) is 6.27. The number of rotatable bonds is 7. The second kappa shape index (κ2) is 9.76. The van der Waals surface area contributed by atoms with Crippen molar-refractivity contribution < 1.29 is 19.7 Å². The molecule has 0 spiro atoms. The molecule has 2 aromatic rings. The highest BCUT2D eigenvalue weighted by molar-refractivity contribution is 5.89. The Bertz CT molecular complexity index is 853. The molecule has 168 valence electrons. The molecule has 9 heteroatoms. The SMILES string of the molecule is O=C(Nc1ccccc1)N[C@@H]1CC[C@@H](CCn2cc(C3(O)CCCC3)nn2)O[C@H]1CO. The topological polar surface area (TPSA) is 122 Å². The molecule has 4 N–H and O–H groups in total. The van der Waals surface area contributed by atoms with E-state index in [4.69, 9.17) is 4.74 Å². The lowest BCUT2D eigenvalue weighted by atomic mass is 9.97. The van der Waals surface area contributed by atoms with Gasteiger partial charge in [0.15, 0.2) is 0 Å². The van der Waals surface area contributed by atoms with Gasteiger partial charge >= 0.3 is 6.03 Å². The highest BCUT2D eigenvalue weighted by Gasteiger charge is 2.36. The van der Waals surface area contributed by atoms with Crippen molar-refractivity contribution >= 4 is 11.7 Å². The van der Waals surface area contributed by atoms with Crippen LogP contribution in [0.1, 0.15) is 50.6 Å². The fraction of sp³-hybridized carbons (Fsp3) is 0.591. The van der Waals surface area contributed by atoms with Crippen LogP contribution in [0.2, 0.25) is 0 Å². The van der Waals surface area contributed by atoms with Gasteiger partial charge in [0.25, 0.3) is 0 Å². The van der Waals surface area contributed by atoms with Crippen LogP contribution in [0.25, 0.3) is 0 Å². The van der Waals surface area contributed by atoms with E-state index in [0.717, 1.165) is 44.9 Å². The van der Waals surface area contributed by atoms with Gasteiger partial charge in [0.05, 0.1) is 24.9 Å². The number of aliphatic hydroxyl groups is 2. The number of carbonyl (C=O) groups is 1. The molecule has 31 heavy (non-hydrogen) atoms. The third kappa shape index (κ3) is 5.41. The highest BCUT2D eigenvalue weighted by atomic mass is 16.5. The normalized spacial score (nSPS) is 25.3. The number of nitrogens with one attached hydrogen (secondary N) is 2. The number of benzene rings is 1. The molecular weight excluding hydrogens is 398 g/mol. The summed E-state index contributed by atoms with van der Waals surface area (Å²) in [5, 5.41) is 34.5. The van der Waals surface area contributed by atoms with Crippen LogP contribution in [-0.2, 0) is 16.9 Å². The van der Waals surface area contributed by atoms with Crippen LogP contribution in [-0.4, -0.2) is 56.1 Å². The van der Waals surface area contributed by atoms with E-state index in [1.54, 1.807) is 4.68 Å². The number of hydrogen-bond acceptors (Lipinski definition) is 6. The van der Waals surface area contributed by atoms with Crippen molar-refractivity contribution in [3.05, 3.63) is 42.2 Å². The molecule has 1 aliphatic carbocycles. The summed E-state index contributed by atoms with van der Waals surface area (Å²) in [5.41, 5.74) is 0.530. The summed E-state index contributed by atoms with van der Waals surface area (Å²) in [6.07, 6.45) is 7.07. The number of urea groups is 1. The third-order valence-corrected chi connectivity index (χ3v) is 6.27. The standard InChI is InChI=1S/C22H31N5O4/c28-15-19-18(24-21(29)23-16-6-2-1-3-7-16)9-8-17(31-19)10-13-27-14-20(25-26-27)22(30)11-4-5-12-22/h1-3,6-7,14,17-19,28,30H,4-5,8-13,15H2,(H2,23,24,29)/t17-,18+,19-/m0/s1. The molecule has 1 aliphatic heterocycles. The quantitative estimate of drug-likeness (QED) is 0.535. The van der Waals surface area contributed by atoms with E-state index in [-0.39, 0.29) is 24.8 Å². The first-order chi connectivity index (χ1) is 15.1. The predicted molar refractivity (Wildman–Crippen MR) is 114 cm³/mol. The first-order valence-electron chi connectivity index (χ1n) is 11.1. The maximum absolute atomic E-state index is 12.3. The van der Waals surface area contributed by atoms with Gasteiger partial charge in [-0.2, -0.15) is 0 Å². The Morgan fingerprint density at radius 1 is 1.23 bits per heavy atom. The summed E-state index contributed by atoms with van der Waals surface area (Å²) in [6, 6.07) is 8.67. The number of aryl methyl sites for hydroxylation is 1. The van der Waals surface area contributed by atoms with Crippen LogP contribution < -0.4 is 10.6 Å². The minimum atomic E-state index is -0.833. The van der Waals surface area contributed by atoms with Gasteiger partial charge in [0.2, 0.25) is 0 Å². The Morgan fingerprint density at radius 3 is 2.74 bits per heavy atom. The van der Waals surface area contributed by atoms with Gasteiger partial charge in [-0.05, 0) is 44.2 Å². The van der Waals surface area contributed by atoms with Crippen LogP contribution in [0.4, 0.5) is 10.5 Å². The Morgan fingerprint density at radius 2 is 2.00 bits per heavy atom. The van der Waals surface area contributed by atoms with Gasteiger partial charge in [-0.1, -0.05) is 36.3 Å². The van der Waals surface area contributed by atoms with Crippen molar-refractivity contribution in [1.29, 1.82) is 0 Å². The average molecular weight is 430 g/mol. The highest BCUT2D eigenvalue weighted by Crippen LogP contribution is 2.37. The van der Waals surface area contributed by atoms with Crippen LogP contribution in [0.15, 0.2) is 36.5 Å². The number of aromatic nitrogens is 3. The maximum atomic E-state index is 12.3. The van der Waals surface area contributed by atoms with Gasteiger partial charge in [0, 0.05) is 12.2 Å². The van der Waals surface area contributed by atoms with Crippen molar-refractivity contribution in [2.45, 2.75) is 75.3 Å². The van der Waals surface area contributed by atoms with E-state index in [2.05, 4.69) is 20.9 Å². The van der Waals surface area contributed by atoms with E-state index < -0.39 is 11.7 Å². The zero-order chi connectivity index (χ0) is 21.7. The van der Waals surface area contributed by atoms with Crippen molar-refractivity contribution in [2.75, 3.05) is 11.9 Å². The van der Waals surface area contributed by atoms with E-state index in [1.165, 1.54) is 0 Å². The molecule has 0 unspecified atom stereocenters. The molecular formula is C22H31N5O4. The summed E-state index contributed by atoms with van der Waals surface area (Å²) in [4.78, 5) is 12.3. The van der Waals surface area contributed by atoms with Gasteiger partial charge < -0.3 is 25.6 Å². The van der Waals surface area contributed by atoms with Gasteiger partial charge in [-0.3, -0.25) is 4.68 Å².